The number of ether oxygens (including phenoxy) is 1. The number of methoxy groups -OCH3 is 1. The number of benzene rings is 3. The van der Waals surface area contributed by atoms with Crippen LogP contribution in [-0.4, -0.2) is 50.9 Å². The monoisotopic (exact) mass is 645 g/mol. The summed E-state index contributed by atoms with van der Waals surface area (Å²) in [5, 5.41) is 3.88. The lowest BCUT2D eigenvalue weighted by Gasteiger charge is -2.34. The average Bonchev–Trinajstić information content (AvgIpc) is 3.01. The summed E-state index contributed by atoms with van der Waals surface area (Å²) in [6.07, 6.45) is 5.38. The zero-order valence-corrected chi connectivity index (χ0v) is 26.7. The molecule has 3 aromatic rings. The summed E-state index contributed by atoms with van der Waals surface area (Å²) < 4.78 is 34.2. The summed E-state index contributed by atoms with van der Waals surface area (Å²) in [5.41, 5.74) is 0.945. The molecule has 1 saturated carbocycles. The molecule has 8 nitrogen and oxygen atoms in total. The Balaban J connectivity index is 1.72. The van der Waals surface area contributed by atoms with Gasteiger partial charge in [-0.3, -0.25) is 13.9 Å². The van der Waals surface area contributed by atoms with Gasteiger partial charge in [-0.2, -0.15) is 0 Å². The number of carbonyl (C=O) groups is 2. The predicted molar refractivity (Wildman–Crippen MR) is 170 cm³/mol. The zero-order chi connectivity index (χ0) is 31.0. The quantitative estimate of drug-likeness (QED) is 0.244. The van der Waals surface area contributed by atoms with Gasteiger partial charge in [0.1, 0.15) is 18.3 Å². The van der Waals surface area contributed by atoms with Crippen molar-refractivity contribution in [3.8, 4) is 5.75 Å². The molecule has 1 atom stereocenters. The summed E-state index contributed by atoms with van der Waals surface area (Å²) in [6.45, 7) is 1.38. The topological polar surface area (TPSA) is 96.0 Å². The fourth-order valence-electron chi connectivity index (χ4n) is 5.31. The van der Waals surface area contributed by atoms with Crippen LogP contribution in [0.5, 0.6) is 5.75 Å². The van der Waals surface area contributed by atoms with Crippen LogP contribution in [0.1, 0.15) is 51.0 Å². The number of sulfonamides is 1. The maximum Gasteiger partial charge on any atom is 0.264 e. The molecule has 0 saturated heterocycles. The van der Waals surface area contributed by atoms with Gasteiger partial charge < -0.3 is 15.0 Å². The third-order valence-electron chi connectivity index (χ3n) is 7.64. The SMILES string of the molecule is CCC(C(=O)NC1CCCCC1)N(Cc1ccc(Cl)cc1)C(=O)CN(c1ccc(OC)c(Cl)c1)S(=O)(=O)c1ccccc1. The van der Waals surface area contributed by atoms with Gasteiger partial charge in [0.25, 0.3) is 10.0 Å². The Hall–Kier alpha value is -3.27. The number of nitrogens with zero attached hydrogens (tertiary/aromatic N) is 2. The summed E-state index contributed by atoms with van der Waals surface area (Å²) in [7, 11) is -2.75. The van der Waals surface area contributed by atoms with E-state index in [0.29, 0.717) is 17.2 Å². The second-order valence-corrected chi connectivity index (χ2v) is 13.3. The van der Waals surface area contributed by atoms with E-state index in [2.05, 4.69) is 5.32 Å². The van der Waals surface area contributed by atoms with Crippen molar-refractivity contribution in [3.63, 3.8) is 0 Å². The number of anilines is 1. The molecule has 11 heteroatoms. The lowest BCUT2D eigenvalue weighted by Crippen LogP contribution is -2.54. The standard InChI is InChI=1S/C32H37Cl2N3O5S/c1-3-29(32(39)35-25-10-6-4-7-11-25)36(21-23-14-16-24(33)17-15-23)31(38)22-37(26-18-19-30(42-2)28(34)20-26)43(40,41)27-12-8-5-9-13-27/h5,8-9,12-20,25,29H,3-4,6-7,10-11,21-22H2,1-2H3,(H,35,39). The first-order valence-corrected chi connectivity index (χ1v) is 16.6. The molecule has 3 aromatic carbocycles. The number of halogens is 2. The van der Waals surface area contributed by atoms with Crippen LogP contribution in [0.3, 0.4) is 0 Å². The Labute approximate surface area is 264 Å². The van der Waals surface area contributed by atoms with Crippen LogP contribution in [0.25, 0.3) is 0 Å². The van der Waals surface area contributed by atoms with Gasteiger partial charge in [0, 0.05) is 17.6 Å². The van der Waals surface area contributed by atoms with E-state index in [1.54, 1.807) is 48.5 Å². The fraction of sp³-hybridized carbons (Fsp3) is 0.375. The second kappa shape index (κ2) is 14.9. The lowest BCUT2D eigenvalue weighted by atomic mass is 9.95. The highest BCUT2D eigenvalue weighted by molar-refractivity contribution is 7.92. The van der Waals surface area contributed by atoms with Crippen LogP contribution in [0.15, 0.2) is 77.7 Å². The Bertz CT molecular complexity index is 1500. The minimum Gasteiger partial charge on any atom is -0.495 e. The molecule has 43 heavy (non-hydrogen) atoms. The molecule has 0 heterocycles. The summed E-state index contributed by atoms with van der Waals surface area (Å²) in [4.78, 5) is 29.3. The molecule has 0 radical (unpaired) electrons. The van der Waals surface area contributed by atoms with E-state index in [1.807, 2.05) is 6.92 Å². The van der Waals surface area contributed by atoms with Crippen LogP contribution in [-0.2, 0) is 26.2 Å². The van der Waals surface area contributed by atoms with E-state index in [1.165, 1.54) is 36.3 Å². The minimum absolute atomic E-state index is 0.0149. The van der Waals surface area contributed by atoms with Crippen molar-refractivity contribution < 1.29 is 22.7 Å². The third kappa shape index (κ3) is 8.22. The Morgan fingerprint density at radius 3 is 2.26 bits per heavy atom. The minimum atomic E-state index is -4.20. The number of hydrogen-bond donors (Lipinski definition) is 1. The first-order chi connectivity index (χ1) is 20.6. The van der Waals surface area contributed by atoms with Crippen molar-refractivity contribution in [1.29, 1.82) is 0 Å². The predicted octanol–water partition coefficient (Wildman–Crippen LogP) is 6.45. The molecule has 1 aliphatic carbocycles. The zero-order valence-electron chi connectivity index (χ0n) is 24.3. The number of hydrogen-bond acceptors (Lipinski definition) is 5. The molecule has 0 aromatic heterocycles. The highest BCUT2D eigenvalue weighted by Crippen LogP contribution is 2.32. The lowest BCUT2D eigenvalue weighted by molar-refractivity contribution is -0.140. The molecule has 0 aliphatic heterocycles. The normalized spacial score (nSPS) is 14.5. The van der Waals surface area contributed by atoms with Crippen molar-refractivity contribution in [1.82, 2.24) is 10.2 Å². The van der Waals surface area contributed by atoms with E-state index >= 15 is 0 Å². The molecule has 0 bridgehead atoms. The Kier molecular flexibility index (Phi) is 11.3. The average molecular weight is 647 g/mol. The van der Waals surface area contributed by atoms with E-state index < -0.39 is 28.5 Å². The molecular formula is C32H37Cl2N3O5S. The van der Waals surface area contributed by atoms with Crippen LogP contribution in [0, 0.1) is 0 Å². The number of carbonyl (C=O) groups excluding carboxylic acids is 2. The smallest absolute Gasteiger partial charge is 0.264 e. The fourth-order valence-corrected chi connectivity index (χ4v) is 7.11. The van der Waals surface area contributed by atoms with Gasteiger partial charge >= 0.3 is 0 Å². The molecule has 1 aliphatic rings. The maximum absolute atomic E-state index is 14.2. The first-order valence-electron chi connectivity index (χ1n) is 14.4. The number of nitrogens with one attached hydrogen (secondary N) is 1. The van der Waals surface area contributed by atoms with E-state index in [-0.39, 0.29) is 34.1 Å². The van der Waals surface area contributed by atoms with E-state index in [4.69, 9.17) is 27.9 Å². The van der Waals surface area contributed by atoms with Crippen molar-refractivity contribution in [2.24, 2.45) is 0 Å². The molecule has 0 spiro atoms. The highest BCUT2D eigenvalue weighted by Gasteiger charge is 2.34. The third-order valence-corrected chi connectivity index (χ3v) is 9.97. The van der Waals surface area contributed by atoms with Crippen LogP contribution in [0.2, 0.25) is 10.0 Å². The molecule has 2 amide bonds. The van der Waals surface area contributed by atoms with E-state index in [9.17, 15) is 18.0 Å². The molecule has 230 valence electrons. The molecule has 1 unspecified atom stereocenters. The summed E-state index contributed by atoms with van der Waals surface area (Å²) >= 11 is 12.5. The number of amides is 2. The van der Waals surface area contributed by atoms with Gasteiger partial charge in [0.2, 0.25) is 11.8 Å². The largest absolute Gasteiger partial charge is 0.495 e. The molecular weight excluding hydrogens is 609 g/mol. The number of rotatable bonds is 12. The highest BCUT2D eigenvalue weighted by atomic mass is 35.5. The van der Waals surface area contributed by atoms with E-state index in [0.717, 1.165) is 42.0 Å². The summed E-state index contributed by atoms with van der Waals surface area (Å²) in [5.74, 6) is -0.419. The van der Waals surface area contributed by atoms with Crippen LogP contribution < -0.4 is 14.4 Å². The second-order valence-electron chi connectivity index (χ2n) is 10.6. The van der Waals surface area contributed by atoms with Crippen molar-refractivity contribution in [3.05, 3.63) is 88.4 Å². The molecule has 1 N–H and O–H groups in total. The van der Waals surface area contributed by atoms with Gasteiger partial charge in [0.15, 0.2) is 0 Å². The molecule has 1 fully saturated rings. The Morgan fingerprint density at radius 1 is 0.977 bits per heavy atom. The van der Waals surface area contributed by atoms with Gasteiger partial charge in [0.05, 0.1) is 22.7 Å². The van der Waals surface area contributed by atoms with Crippen molar-refractivity contribution in [2.75, 3.05) is 18.0 Å². The van der Waals surface area contributed by atoms with Crippen molar-refractivity contribution >= 4 is 50.7 Å². The van der Waals surface area contributed by atoms with Gasteiger partial charge in [-0.05, 0) is 67.3 Å². The van der Waals surface area contributed by atoms with Crippen molar-refractivity contribution in [2.45, 2.75) is 69.0 Å². The van der Waals surface area contributed by atoms with Gasteiger partial charge in [-0.15, -0.1) is 0 Å². The maximum atomic E-state index is 14.2. The van der Waals surface area contributed by atoms with Crippen LogP contribution in [0.4, 0.5) is 5.69 Å². The van der Waals surface area contributed by atoms with Gasteiger partial charge in [-0.25, -0.2) is 8.42 Å². The Morgan fingerprint density at radius 2 is 1.65 bits per heavy atom. The summed E-state index contributed by atoms with van der Waals surface area (Å²) in [6, 6.07) is 18.7. The molecule has 4 rings (SSSR count). The van der Waals surface area contributed by atoms with Gasteiger partial charge in [-0.1, -0.05) is 79.7 Å². The first kappa shape index (κ1) is 32.6. The van der Waals surface area contributed by atoms with Crippen LogP contribution >= 0.6 is 23.2 Å².